The molecule has 134 valence electrons. The van der Waals surface area contributed by atoms with Crippen LogP contribution >= 0.6 is 12.2 Å². The topological polar surface area (TPSA) is 87.1 Å². The summed E-state index contributed by atoms with van der Waals surface area (Å²) in [6.07, 6.45) is -0.789. The van der Waals surface area contributed by atoms with Gasteiger partial charge in [-0.2, -0.15) is 0 Å². The van der Waals surface area contributed by atoms with E-state index in [1.54, 1.807) is 30.3 Å². The summed E-state index contributed by atoms with van der Waals surface area (Å²) in [4.78, 5) is 27.7. The molecule has 0 bridgehead atoms. The number of hydrogen-bond acceptors (Lipinski definition) is 4. The van der Waals surface area contributed by atoms with Crippen molar-refractivity contribution >= 4 is 29.0 Å². The standard InChI is InChI=1S/C19H19N3O3S/c1-2-22-18(25)14-9-8-13(10-15(14)21-19(22)26)17(24)20-11-16(23)12-6-4-3-5-7-12/h3-10,16,23H,2,11H2,1H3,(H,20,24)(H,21,26)/t16-/m0/s1. The van der Waals surface area contributed by atoms with Crippen molar-refractivity contribution in [1.29, 1.82) is 0 Å². The summed E-state index contributed by atoms with van der Waals surface area (Å²) in [5.41, 5.74) is 1.45. The molecular formula is C19H19N3O3S. The third-order valence-electron chi connectivity index (χ3n) is 4.20. The van der Waals surface area contributed by atoms with Crippen molar-refractivity contribution < 1.29 is 9.90 Å². The normalized spacial score (nSPS) is 12.1. The second-order valence-electron chi connectivity index (χ2n) is 5.88. The Morgan fingerprint density at radius 1 is 1.27 bits per heavy atom. The third kappa shape index (κ3) is 3.58. The summed E-state index contributed by atoms with van der Waals surface area (Å²) in [6.45, 7) is 2.41. The second kappa shape index (κ2) is 7.63. The highest BCUT2D eigenvalue weighted by molar-refractivity contribution is 7.71. The average molecular weight is 369 g/mol. The summed E-state index contributed by atoms with van der Waals surface area (Å²) < 4.78 is 1.79. The van der Waals surface area contributed by atoms with Crippen molar-refractivity contribution in [3.8, 4) is 0 Å². The van der Waals surface area contributed by atoms with Crippen LogP contribution in [0.5, 0.6) is 0 Å². The minimum atomic E-state index is -0.789. The van der Waals surface area contributed by atoms with Gasteiger partial charge in [0.15, 0.2) is 4.77 Å². The molecule has 26 heavy (non-hydrogen) atoms. The van der Waals surface area contributed by atoms with Gasteiger partial charge in [-0.1, -0.05) is 30.3 Å². The van der Waals surface area contributed by atoms with E-state index in [0.29, 0.717) is 27.8 Å². The van der Waals surface area contributed by atoms with E-state index in [2.05, 4.69) is 10.3 Å². The fourth-order valence-corrected chi connectivity index (χ4v) is 3.09. The molecule has 0 radical (unpaired) electrons. The largest absolute Gasteiger partial charge is 0.387 e. The van der Waals surface area contributed by atoms with E-state index in [9.17, 15) is 14.7 Å². The van der Waals surface area contributed by atoms with Gasteiger partial charge in [0.1, 0.15) is 0 Å². The lowest BCUT2D eigenvalue weighted by Gasteiger charge is -2.12. The molecule has 1 heterocycles. The lowest BCUT2D eigenvalue weighted by atomic mass is 10.1. The van der Waals surface area contributed by atoms with Crippen LogP contribution in [0.2, 0.25) is 0 Å². The van der Waals surface area contributed by atoms with Gasteiger partial charge in [0.05, 0.1) is 17.0 Å². The molecular weight excluding hydrogens is 350 g/mol. The van der Waals surface area contributed by atoms with Gasteiger partial charge in [0, 0.05) is 18.7 Å². The molecule has 0 spiro atoms. The van der Waals surface area contributed by atoms with Crippen LogP contribution in [-0.4, -0.2) is 27.1 Å². The number of nitrogens with one attached hydrogen (secondary N) is 2. The zero-order chi connectivity index (χ0) is 18.7. The SMILES string of the molecule is CCn1c(=S)[nH]c2cc(C(=O)NC[C@H](O)c3ccccc3)ccc2c1=O. The molecule has 3 rings (SSSR count). The Balaban J connectivity index is 1.81. The van der Waals surface area contributed by atoms with Gasteiger partial charge in [0.2, 0.25) is 0 Å². The Morgan fingerprint density at radius 3 is 2.69 bits per heavy atom. The number of hydrogen-bond donors (Lipinski definition) is 3. The Hall–Kier alpha value is -2.77. The molecule has 0 unspecified atom stereocenters. The number of rotatable bonds is 5. The van der Waals surface area contributed by atoms with Crippen molar-refractivity contribution in [2.45, 2.75) is 19.6 Å². The maximum atomic E-state index is 12.4. The minimum Gasteiger partial charge on any atom is -0.387 e. The van der Waals surface area contributed by atoms with E-state index in [1.165, 1.54) is 4.57 Å². The number of benzene rings is 2. The lowest BCUT2D eigenvalue weighted by Crippen LogP contribution is -2.28. The summed E-state index contributed by atoms with van der Waals surface area (Å²) in [7, 11) is 0. The molecule has 3 N–H and O–H groups in total. The van der Waals surface area contributed by atoms with E-state index in [0.717, 1.165) is 5.56 Å². The maximum absolute atomic E-state index is 12.4. The number of carbonyl (C=O) groups excluding carboxylic acids is 1. The molecule has 2 aromatic carbocycles. The van der Waals surface area contributed by atoms with E-state index in [1.807, 2.05) is 25.1 Å². The van der Waals surface area contributed by atoms with Crippen LogP contribution < -0.4 is 10.9 Å². The first-order valence-corrected chi connectivity index (χ1v) is 8.70. The van der Waals surface area contributed by atoms with Gasteiger partial charge in [-0.15, -0.1) is 0 Å². The molecule has 0 saturated carbocycles. The molecule has 1 atom stereocenters. The maximum Gasteiger partial charge on any atom is 0.262 e. The molecule has 7 heteroatoms. The molecule has 3 aromatic rings. The van der Waals surface area contributed by atoms with Gasteiger partial charge >= 0.3 is 0 Å². The van der Waals surface area contributed by atoms with Crippen molar-refractivity contribution in [2.75, 3.05) is 6.54 Å². The molecule has 1 amide bonds. The number of carbonyl (C=O) groups is 1. The van der Waals surface area contributed by atoms with E-state index in [4.69, 9.17) is 12.2 Å². The molecule has 0 aliphatic carbocycles. The fourth-order valence-electron chi connectivity index (χ4n) is 2.77. The lowest BCUT2D eigenvalue weighted by molar-refractivity contribution is 0.0916. The predicted molar refractivity (Wildman–Crippen MR) is 103 cm³/mol. The summed E-state index contributed by atoms with van der Waals surface area (Å²) >= 11 is 5.19. The van der Waals surface area contributed by atoms with Crippen molar-refractivity contribution in [3.63, 3.8) is 0 Å². The molecule has 0 aliphatic rings. The van der Waals surface area contributed by atoms with E-state index >= 15 is 0 Å². The number of nitrogens with zero attached hydrogens (tertiary/aromatic N) is 1. The van der Waals surface area contributed by atoms with Crippen molar-refractivity contribution in [3.05, 3.63) is 74.8 Å². The van der Waals surface area contributed by atoms with Crippen molar-refractivity contribution in [2.24, 2.45) is 0 Å². The Bertz CT molecular complexity index is 1060. The van der Waals surface area contributed by atoms with Crippen LogP contribution in [0.25, 0.3) is 10.9 Å². The van der Waals surface area contributed by atoms with Crippen LogP contribution in [0.15, 0.2) is 53.3 Å². The quantitative estimate of drug-likeness (QED) is 0.603. The van der Waals surface area contributed by atoms with Crippen LogP contribution in [0.1, 0.15) is 28.9 Å². The first kappa shape index (κ1) is 18.0. The van der Waals surface area contributed by atoms with Gasteiger partial charge < -0.3 is 15.4 Å². The van der Waals surface area contributed by atoms with E-state index in [-0.39, 0.29) is 18.0 Å². The summed E-state index contributed by atoms with van der Waals surface area (Å²) in [5, 5.41) is 13.3. The van der Waals surface area contributed by atoms with Gasteiger partial charge in [-0.3, -0.25) is 14.2 Å². The molecule has 0 saturated heterocycles. The zero-order valence-electron chi connectivity index (χ0n) is 14.2. The number of aliphatic hydroxyl groups excluding tert-OH is 1. The number of H-pyrrole nitrogens is 1. The summed E-state index contributed by atoms with van der Waals surface area (Å²) in [6, 6.07) is 13.9. The Kier molecular flexibility index (Phi) is 5.29. The van der Waals surface area contributed by atoms with Crippen LogP contribution in [0.3, 0.4) is 0 Å². The fraction of sp³-hybridized carbons (Fsp3) is 0.211. The number of fused-ring (bicyclic) bond motifs is 1. The first-order valence-electron chi connectivity index (χ1n) is 8.29. The Labute approximate surface area is 155 Å². The second-order valence-corrected chi connectivity index (χ2v) is 6.26. The molecule has 1 aromatic heterocycles. The van der Waals surface area contributed by atoms with Gasteiger partial charge in [-0.05, 0) is 42.9 Å². The van der Waals surface area contributed by atoms with Gasteiger partial charge in [-0.25, -0.2) is 0 Å². The smallest absolute Gasteiger partial charge is 0.262 e. The van der Waals surface area contributed by atoms with E-state index < -0.39 is 6.10 Å². The highest BCUT2D eigenvalue weighted by Crippen LogP contribution is 2.13. The van der Waals surface area contributed by atoms with Crippen LogP contribution in [0.4, 0.5) is 0 Å². The van der Waals surface area contributed by atoms with Crippen LogP contribution in [0, 0.1) is 4.77 Å². The molecule has 0 fully saturated rings. The number of aliphatic hydroxyl groups is 1. The molecule has 6 nitrogen and oxygen atoms in total. The Morgan fingerprint density at radius 2 is 2.00 bits per heavy atom. The van der Waals surface area contributed by atoms with Crippen LogP contribution in [-0.2, 0) is 6.54 Å². The minimum absolute atomic E-state index is 0.0916. The number of amides is 1. The summed E-state index contributed by atoms with van der Waals surface area (Å²) in [5.74, 6) is -0.333. The average Bonchev–Trinajstić information content (AvgIpc) is 2.66. The monoisotopic (exact) mass is 369 g/mol. The van der Waals surface area contributed by atoms with Gasteiger partial charge in [0.25, 0.3) is 11.5 Å². The predicted octanol–water partition coefficient (Wildman–Crippen LogP) is 2.54. The first-order chi connectivity index (χ1) is 12.5. The highest BCUT2D eigenvalue weighted by atomic mass is 32.1. The third-order valence-corrected chi connectivity index (χ3v) is 4.52. The molecule has 0 aliphatic heterocycles. The van der Waals surface area contributed by atoms with Crippen molar-refractivity contribution in [1.82, 2.24) is 14.9 Å². The zero-order valence-corrected chi connectivity index (χ0v) is 15.0. The highest BCUT2D eigenvalue weighted by Gasteiger charge is 2.12. The number of aromatic nitrogens is 2. The number of aromatic amines is 1.